The average molecular weight is 154 g/mol. The SMILES string of the molecule is Cc1ccc(CCO)cc1F. The smallest absolute Gasteiger partial charge is 0.126 e. The molecule has 11 heavy (non-hydrogen) atoms. The molecule has 1 rings (SSSR count). The molecule has 0 radical (unpaired) electrons. The van der Waals surface area contributed by atoms with Gasteiger partial charge in [-0.05, 0) is 30.5 Å². The summed E-state index contributed by atoms with van der Waals surface area (Å²) in [5.41, 5.74) is 1.49. The highest BCUT2D eigenvalue weighted by Gasteiger charge is 1.97. The molecule has 0 aliphatic heterocycles. The van der Waals surface area contributed by atoms with E-state index < -0.39 is 0 Å². The van der Waals surface area contributed by atoms with Crippen molar-refractivity contribution in [1.29, 1.82) is 0 Å². The number of benzene rings is 1. The molecule has 0 aromatic heterocycles. The van der Waals surface area contributed by atoms with E-state index in [0.717, 1.165) is 5.56 Å². The highest BCUT2D eigenvalue weighted by Crippen LogP contribution is 2.08. The molecule has 0 fully saturated rings. The van der Waals surface area contributed by atoms with E-state index in [-0.39, 0.29) is 12.4 Å². The standard InChI is InChI=1S/C9H11FO/c1-7-2-3-8(4-5-11)6-9(7)10/h2-3,6,11H,4-5H2,1H3. The summed E-state index contributed by atoms with van der Waals surface area (Å²) in [6, 6.07) is 5.01. The fraction of sp³-hybridized carbons (Fsp3) is 0.333. The van der Waals surface area contributed by atoms with Crippen molar-refractivity contribution < 1.29 is 9.50 Å². The first-order valence-electron chi connectivity index (χ1n) is 3.60. The van der Waals surface area contributed by atoms with E-state index >= 15 is 0 Å². The van der Waals surface area contributed by atoms with Gasteiger partial charge in [-0.1, -0.05) is 12.1 Å². The monoisotopic (exact) mass is 154 g/mol. The van der Waals surface area contributed by atoms with Crippen LogP contribution in [0.25, 0.3) is 0 Å². The lowest BCUT2D eigenvalue weighted by Gasteiger charge is -1.99. The molecule has 0 saturated heterocycles. The summed E-state index contributed by atoms with van der Waals surface area (Å²) in [5.74, 6) is -0.198. The van der Waals surface area contributed by atoms with Crippen LogP contribution in [0.5, 0.6) is 0 Å². The van der Waals surface area contributed by atoms with Crippen LogP contribution in [0.2, 0.25) is 0 Å². The van der Waals surface area contributed by atoms with E-state index in [9.17, 15) is 4.39 Å². The summed E-state index contributed by atoms with van der Waals surface area (Å²) < 4.78 is 12.8. The summed E-state index contributed by atoms with van der Waals surface area (Å²) in [6.07, 6.45) is 0.525. The summed E-state index contributed by atoms with van der Waals surface area (Å²) in [7, 11) is 0. The molecule has 1 nitrogen and oxygen atoms in total. The largest absolute Gasteiger partial charge is 0.396 e. The zero-order valence-electron chi connectivity index (χ0n) is 6.47. The van der Waals surface area contributed by atoms with Crippen LogP contribution in [0, 0.1) is 12.7 Å². The zero-order chi connectivity index (χ0) is 8.27. The number of rotatable bonds is 2. The van der Waals surface area contributed by atoms with Crippen molar-refractivity contribution in [3.63, 3.8) is 0 Å². The molecule has 0 aliphatic rings. The van der Waals surface area contributed by atoms with Gasteiger partial charge in [0.15, 0.2) is 0 Å². The van der Waals surface area contributed by atoms with Gasteiger partial charge in [0.2, 0.25) is 0 Å². The minimum Gasteiger partial charge on any atom is -0.396 e. The Labute approximate surface area is 65.5 Å². The van der Waals surface area contributed by atoms with E-state index in [4.69, 9.17) is 5.11 Å². The Kier molecular flexibility index (Phi) is 2.60. The Morgan fingerprint density at radius 1 is 1.45 bits per heavy atom. The van der Waals surface area contributed by atoms with Crippen molar-refractivity contribution >= 4 is 0 Å². The maximum absolute atomic E-state index is 12.8. The number of aryl methyl sites for hydroxylation is 1. The third-order valence-electron chi connectivity index (χ3n) is 1.64. The average Bonchev–Trinajstić information content (AvgIpc) is 1.98. The highest BCUT2D eigenvalue weighted by molar-refractivity contribution is 5.23. The van der Waals surface area contributed by atoms with E-state index in [2.05, 4.69) is 0 Å². The van der Waals surface area contributed by atoms with Crippen LogP contribution in [0.3, 0.4) is 0 Å². The van der Waals surface area contributed by atoms with Gasteiger partial charge in [-0.2, -0.15) is 0 Å². The summed E-state index contributed by atoms with van der Waals surface area (Å²) in [6.45, 7) is 1.79. The van der Waals surface area contributed by atoms with Gasteiger partial charge in [0.25, 0.3) is 0 Å². The van der Waals surface area contributed by atoms with Crippen molar-refractivity contribution in [2.45, 2.75) is 13.3 Å². The number of aliphatic hydroxyl groups excluding tert-OH is 1. The first kappa shape index (κ1) is 8.21. The van der Waals surface area contributed by atoms with Gasteiger partial charge in [-0.25, -0.2) is 4.39 Å². The predicted octanol–water partition coefficient (Wildman–Crippen LogP) is 1.67. The molecule has 0 unspecified atom stereocenters. The summed E-state index contributed by atoms with van der Waals surface area (Å²) in [5, 5.41) is 8.56. The molecule has 1 aromatic carbocycles. The summed E-state index contributed by atoms with van der Waals surface area (Å²) in [4.78, 5) is 0. The molecule has 0 spiro atoms. The van der Waals surface area contributed by atoms with Crippen molar-refractivity contribution in [1.82, 2.24) is 0 Å². The molecule has 0 saturated carbocycles. The quantitative estimate of drug-likeness (QED) is 0.687. The molecular weight excluding hydrogens is 143 g/mol. The van der Waals surface area contributed by atoms with Gasteiger partial charge in [0, 0.05) is 6.61 Å². The minimum absolute atomic E-state index is 0.0719. The van der Waals surface area contributed by atoms with E-state index in [0.29, 0.717) is 12.0 Å². The Morgan fingerprint density at radius 2 is 2.18 bits per heavy atom. The van der Waals surface area contributed by atoms with Crippen molar-refractivity contribution in [2.24, 2.45) is 0 Å². The van der Waals surface area contributed by atoms with Crippen LogP contribution in [-0.2, 0) is 6.42 Å². The van der Waals surface area contributed by atoms with Crippen molar-refractivity contribution in [3.05, 3.63) is 35.1 Å². The van der Waals surface area contributed by atoms with Gasteiger partial charge >= 0.3 is 0 Å². The number of hydrogen-bond acceptors (Lipinski definition) is 1. The highest BCUT2D eigenvalue weighted by atomic mass is 19.1. The van der Waals surface area contributed by atoms with Gasteiger partial charge in [-0.3, -0.25) is 0 Å². The Morgan fingerprint density at radius 3 is 2.73 bits per heavy atom. The second kappa shape index (κ2) is 3.49. The molecule has 0 aliphatic carbocycles. The van der Waals surface area contributed by atoms with Crippen LogP contribution >= 0.6 is 0 Å². The predicted molar refractivity (Wildman–Crippen MR) is 41.9 cm³/mol. The zero-order valence-corrected chi connectivity index (χ0v) is 6.47. The molecule has 0 bridgehead atoms. The first-order chi connectivity index (χ1) is 5.24. The Hall–Kier alpha value is -0.890. The van der Waals surface area contributed by atoms with Crippen LogP contribution in [0.4, 0.5) is 4.39 Å². The number of halogens is 1. The number of hydrogen-bond donors (Lipinski definition) is 1. The van der Waals surface area contributed by atoms with E-state index in [1.54, 1.807) is 13.0 Å². The molecular formula is C9H11FO. The van der Waals surface area contributed by atoms with Gasteiger partial charge in [-0.15, -0.1) is 0 Å². The molecule has 60 valence electrons. The van der Waals surface area contributed by atoms with Gasteiger partial charge < -0.3 is 5.11 Å². The van der Waals surface area contributed by atoms with E-state index in [1.165, 1.54) is 6.07 Å². The van der Waals surface area contributed by atoms with Crippen LogP contribution < -0.4 is 0 Å². The molecule has 0 heterocycles. The van der Waals surface area contributed by atoms with Gasteiger partial charge in [0.1, 0.15) is 5.82 Å². The molecule has 1 N–H and O–H groups in total. The van der Waals surface area contributed by atoms with Gasteiger partial charge in [0.05, 0.1) is 0 Å². The normalized spacial score (nSPS) is 10.1. The second-order valence-electron chi connectivity index (χ2n) is 2.56. The second-order valence-corrected chi connectivity index (χ2v) is 2.56. The molecule has 2 heteroatoms. The maximum atomic E-state index is 12.8. The van der Waals surface area contributed by atoms with Crippen molar-refractivity contribution in [3.8, 4) is 0 Å². The van der Waals surface area contributed by atoms with Crippen LogP contribution in [0.1, 0.15) is 11.1 Å². The fourth-order valence-electron chi connectivity index (χ4n) is 0.921. The van der Waals surface area contributed by atoms with E-state index in [1.807, 2.05) is 6.07 Å². The van der Waals surface area contributed by atoms with Crippen LogP contribution in [0.15, 0.2) is 18.2 Å². The third-order valence-corrected chi connectivity index (χ3v) is 1.64. The topological polar surface area (TPSA) is 20.2 Å². The lowest BCUT2D eigenvalue weighted by atomic mass is 10.1. The summed E-state index contributed by atoms with van der Waals surface area (Å²) >= 11 is 0. The third kappa shape index (κ3) is 2.02. The maximum Gasteiger partial charge on any atom is 0.126 e. The molecule has 0 atom stereocenters. The lowest BCUT2D eigenvalue weighted by molar-refractivity contribution is 0.299. The Bertz CT molecular complexity index is 245. The Balaban J connectivity index is 2.86. The minimum atomic E-state index is -0.198. The van der Waals surface area contributed by atoms with Crippen molar-refractivity contribution in [2.75, 3.05) is 6.61 Å². The number of aliphatic hydroxyl groups is 1. The van der Waals surface area contributed by atoms with Crippen LogP contribution in [-0.4, -0.2) is 11.7 Å². The first-order valence-corrected chi connectivity index (χ1v) is 3.60. The lowest BCUT2D eigenvalue weighted by Crippen LogP contribution is -1.92. The fourth-order valence-corrected chi connectivity index (χ4v) is 0.921. The molecule has 1 aromatic rings. The molecule has 0 amide bonds.